The predicted octanol–water partition coefficient (Wildman–Crippen LogP) is 3.81. The van der Waals surface area contributed by atoms with Gasteiger partial charge in [-0.1, -0.05) is 45.0 Å². The first-order valence-electron chi connectivity index (χ1n) is 10.9. The van der Waals surface area contributed by atoms with E-state index in [0.717, 1.165) is 11.1 Å². The van der Waals surface area contributed by atoms with Crippen LogP contribution in [-0.4, -0.2) is 42.1 Å². The van der Waals surface area contributed by atoms with Gasteiger partial charge in [-0.05, 0) is 31.9 Å². The van der Waals surface area contributed by atoms with Crippen LogP contribution in [-0.2, 0) is 14.3 Å². The Hall–Kier alpha value is -3.42. The predicted molar refractivity (Wildman–Crippen MR) is 123 cm³/mol. The zero-order valence-electron chi connectivity index (χ0n) is 20.2. The number of nitrogens with zero attached hydrogens (tertiary/aromatic N) is 1. The second kappa shape index (κ2) is 11.4. The highest BCUT2D eigenvalue weighted by Gasteiger charge is 2.27. The van der Waals surface area contributed by atoms with E-state index in [9.17, 15) is 14.4 Å². The lowest BCUT2D eigenvalue weighted by molar-refractivity contribution is -0.151. The minimum Gasteiger partial charge on any atom is -0.493 e. The molecule has 8 heteroatoms. The largest absolute Gasteiger partial charge is 0.493 e. The lowest BCUT2D eigenvalue weighted by Crippen LogP contribution is -2.41. The van der Waals surface area contributed by atoms with E-state index in [4.69, 9.17) is 14.2 Å². The number of esters is 2. The Morgan fingerprint density at radius 2 is 1.64 bits per heavy atom. The Morgan fingerprint density at radius 3 is 2.24 bits per heavy atom. The molecule has 0 saturated carbocycles. The second-order valence-electron chi connectivity index (χ2n) is 8.25. The van der Waals surface area contributed by atoms with E-state index >= 15 is 0 Å². The minimum atomic E-state index is -0.953. The van der Waals surface area contributed by atoms with Crippen molar-refractivity contribution in [2.24, 2.45) is 5.92 Å². The first-order valence-corrected chi connectivity index (χ1v) is 10.9. The SMILES string of the molecule is COc1ccnc(C(=O)N[C@@H](C)C(=O)O[C@H](C)[C@@H](C)c2ccccc2C)c1OC(=O)C(C)C. The summed E-state index contributed by atoms with van der Waals surface area (Å²) in [6.45, 7) is 10.7. The molecule has 1 aromatic carbocycles. The third-order valence-electron chi connectivity index (χ3n) is 5.36. The van der Waals surface area contributed by atoms with Crippen LogP contribution in [0.3, 0.4) is 0 Å². The number of aryl methyl sites for hydroxylation is 1. The number of carbonyl (C=O) groups excluding carboxylic acids is 3. The van der Waals surface area contributed by atoms with Gasteiger partial charge in [-0.3, -0.25) is 9.59 Å². The van der Waals surface area contributed by atoms with Gasteiger partial charge in [0.05, 0.1) is 13.0 Å². The van der Waals surface area contributed by atoms with Crippen molar-refractivity contribution in [3.05, 3.63) is 53.3 Å². The number of methoxy groups -OCH3 is 1. The first-order chi connectivity index (χ1) is 15.6. The lowest BCUT2D eigenvalue weighted by atomic mass is 9.92. The number of hydrogen-bond acceptors (Lipinski definition) is 7. The lowest BCUT2D eigenvalue weighted by Gasteiger charge is -2.24. The average molecular weight is 457 g/mol. The van der Waals surface area contributed by atoms with Crippen molar-refractivity contribution in [1.29, 1.82) is 0 Å². The number of amides is 1. The van der Waals surface area contributed by atoms with Crippen molar-refractivity contribution < 1.29 is 28.6 Å². The number of pyridine rings is 1. The fraction of sp³-hybridized carbons (Fsp3) is 0.440. The highest BCUT2D eigenvalue weighted by Crippen LogP contribution is 2.30. The number of hydrogen-bond donors (Lipinski definition) is 1. The van der Waals surface area contributed by atoms with Gasteiger partial charge in [-0.15, -0.1) is 0 Å². The summed E-state index contributed by atoms with van der Waals surface area (Å²) in [5, 5.41) is 2.56. The standard InChI is InChI=1S/C25H32N2O6/c1-14(2)24(29)33-22-20(31-7)12-13-26-21(22)23(28)27-17(5)25(30)32-18(6)16(4)19-11-9-8-10-15(19)3/h8-14,16-18H,1-7H3,(H,27,28)/t16-,17+,18-/m1/s1. The van der Waals surface area contributed by atoms with Gasteiger partial charge in [-0.25, -0.2) is 9.78 Å². The molecule has 1 N–H and O–H groups in total. The van der Waals surface area contributed by atoms with Crippen molar-refractivity contribution in [2.45, 2.75) is 59.6 Å². The van der Waals surface area contributed by atoms with Crippen LogP contribution in [0.25, 0.3) is 0 Å². The molecule has 33 heavy (non-hydrogen) atoms. The summed E-state index contributed by atoms with van der Waals surface area (Å²) in [4.78, 5) is 41.6. The maximum atomic E-state index is 12.9. The van der Waals surface area contributed by atoms with E-state index in [2.05, 4.69) is 10.3 Å². The van der Waals surface area contributed by atoms with Crippen LogP contribution in [0.5, 0.6) is 11.5 Å². The highest BCUT2D eigenvalue weighted by molar-refractivity contribution is 5.98. The summed E-state index contributed by atoms with van der Waals surface area (Å²) < 4.78 is 16.2. The van der Waals surface area contributed by atoms with Gasteiger partial charge in [0.2, 0.25) is 5.75 Å². The zero-order valence-corrected chi connectivity index (χ0v) is 20.2. The molecular formula is C25H32N2O6. The Labute approximate surface area is 194 Å². The summed E-state index contributed by atoms with van der Waals surface area (Å²) in [5.41, 5.74) is 2.04. The van der Waals surface area contributed by atoms with Crippen LogP contribution in [0, 0.1) is 12.8 Å². The molecule has 0 spiro atoms. The molecule has 3 atom stereocenters. The number of ether oxygens (including phenoxy) is 3. The molecular weight excluding hydrogens is 424 g/mol. The van der Waals surface area contributed by atoms with E-state index in [0.29, 0.717) is 0 Å². The molecule has 1 amide bonds. The van der Waals surface area contributed by atoms with Gasteiger partial charge in [-0.2, -0.15) is 0 Å². The van der Waals surface area contributed by atoms with Crippen LogP contribution in [0.2, 0.25) is 0 Å². The molecule has 0 bridgehead atoms. The van der Waals surface area contributed by atoms with Crippen LogP contribution >= 0.6 is 0 Å². The van der Waals surface area contributed by atoms with Crippen LogP contribution in [0.1, 0.15) is 62.2 Å². The normalized spacial score (nSPS) is 13.6. The molecule has 0 radical (unpaired) electrons. The molecule has 0 aliphatic heterocycles. The van der Waals surface area contributed by atoms with Gasteiger partial charge < -0.3 is 19.5 Å². The Morgan fingerprint density at radius 1 is 0.970 bits per heavy atom. The molecule has 8 nitrogen and oxygen atoms in total. The van der Waals surface area contributed by atoms with Crippen molar-refractivity contribution in [3.8, 4) is 11.5 Å². The molecule has 0 unspecified atom stereocenters. The fourth-order valence-electron chi connectivity index (χ4n) is 3.13. The van der Waals surface area contributed by atoms with Crippen molar-refractivity contribution in [3.63, 3.8) is 0 Å². The van der Waals surface area contributed by atoms with Gasteiger partial charge in [0.25, 0.3) is 5.91 Å². The molecule has 178 valence electrons. The number of benzene rings is 1. The van der Waals surface area contributed by atoms with Crippen LogP contribution in [0.4, 0.5) is 0 Å². The number of rotatable bonds is 9. The fourth-order valence-corrected chi connectivity index (χ4v) is 3.13. The molecule has 1 heterocycles. The van der Waals surface area contributed by atoms with E-state index in [1.165, 1.54) is 26.3 Å². The summed E-state index contributed by atoms with van der Waals surface area (Å²) in [5.74, 6) is -2.18. The Balaban J connectivity index is 2.11. The van der Waals surface area contributed by atoms with E-state index in [-0.39, 0.29) is 23.1 Å². The smallest absolute Gasteiger partial charge is 0.328 e. The number of nitrogens with one attached hydrogen (secondary N) is 1. The number of aromatic nitrogens is 1. The summed E-state index contributed by atoms with van der Waals surface area (Å²) in [6.07, 6.45) is 0.950. The third-order valence-corrected chi connectivity index (χ3v) is 5.36. The molecule has 0 fully saturated rings. The topological polar surface area (TPSA) is 104 Å². The summed E-state index contributed by atoms with van der Waals surface area (Å²) >= 11 is 0. The van der Waals surface area contributed by atoms with Crippen LogP contribution < -0.4 is 14.8 Å². The van der Waals surface area contributed by atoms with Gasteiger partial charge >= 0.3 is 11.9 Å². The Bertz CT molecular complexity index is 1000. The van der Waals surface area contributed by atoms with E-state index in [1.807, 2.05) is 45.0 Å². The summed E-state index contributed by atoms with van der Waals surface area (Å²) in [7, 11) is 1.39. The highest BCUT2D eigenvalue weighted by atomic mass is 16.6. The molecule has 0 aliphatic carbocycles. The van der Waals surface area contributed by atoms with E-state index in [1.54, 1.807) is 13.8 Å². The molecule has 2 rings (SSSR count). The number of carbonyl (C=O) groups is 3. The average Bonchev–Trinajstić information content (AvgIpc) is 2.78. The maximum absolute atomic E-state index is 12.9. The molecule has 2 aromatic rings. The molecule has 0 saturated heterocycles. The monoisotopic (exact) mass is 456 g/mol. The van der Waals surface area contributed by atoms with Gasteiger partial charge in [0.1, 0.15) is 12.1 Å². The zero-order chi connectivity index (χ0) is 24.7. The quantitative estimate of drug-likeness (QED) is 0.572. The summed E-state index contributed by atoms with van der Waals surface area (Å²) in [6, 6.07) is 8.44. The van der Waals surface area contributed by atoms with Crippen molar-refractivity contribution >= 4 is 17.8 Å². The van der Waals surface area contributed by atoms with Crippen molar-refractivity contribution in [1.82, 2.24) is 10.3 Å². The maximum Gasteiger partial charge on any atom is 0.328 e. The van der Waals surface area contributed by atoms with Crippen molar-refractivity contribution in [2.75, 3.05) is 7.11 Å². The molecule has 1 aromatic heterocycles. The van der Waals surface area contributed by atoms with Gasteiger partial charge in [0, 0.05) is 18.2 Å². The minimum absolute atomic E-state index is 0.0276. The molecule has 0 aliphatic rings. The first kappa shape index (κ1) is 25.8. The van der Waals surface area contributed by atoms with Crippen LogP contribution in [0.15, 0.2) is 36.5 Å². The second-order valence-corrected chi connectivity index (χ2v) is 8.25. The Kier molecular flexibility index (Phi) is 8.96. The van der Waals surface area contributed by atoms with Gasteiger partial charge in [0.15, 0.2) is 11.4 Å². The van der Waals surface area contributed by atoms with E-state index < -0.39 is 35.9 Å². The third kappa shape index (κ3) is 6.54.